The summed E-state index contributed by atoms with van der Waals surface area (Å²) in [5.41, 5.74) is 0.386. The lowest BCUT2D eigenvalue weighted by Crippen LogP contribution is -2.34. The Balaban J connectivity index is 1.89. The SMILES string of the molecule is CN(CCSc1nonc1-c1noc(=O)n1-c1ccc(F)c(Br)c1)S(N)(=O)=O. The summed E-state index contributed by atoms with van der Waals surface area (Å²) in [6.07, 6.45) is 0. The van der Waals surface area contributed by atoms with Crippen LogP contribution in [0.15, 0.2) is 41.6 Å². The maximum atomic E-state index is 13.5. The second kappa shape index (κ2) is 8.12. The lowest BCUT2D eigenvalue weighted by molar-refractivity contribution is 0.299. The fraction of sp³-hybridized carbons (Fsp3) is 0.231. The highest BCUT2D eigenvalue weighted by Gasteiger charge is 2.23. The minimum absolute atomic E-state index is 0.00735. The molecule has 150 valence electrons. The monoisotopic (exact) mass is 494 g/mol. The largest absolute Gasteiger partial charge is 0.446 e. The summed E-state index contributed by atoms with van der Waals surface area (Å²) in [6.45, 7) is 0.104. The smallest absolute Gasteiger partial charge is 0.295 e. The van der Waals surface area contributed by atoms with Crippen LogP contribution < -0.4 is 10.9 Å². The average Bonchev–Trinajstić information content (AvgIpc) is 3.22. The highest BCUT2D eigenvalue weighted by atomic mass is 79.9. The predicted molar refractivity (Wildman–Crippen MR) is 99.5 cm³/mol. The van der Waals surface area contributed by atoms with Crippen molar-refractivity contribution in [3.05, 3.63) is 39.0 Å². The van der Waals surface area contributed by atoms with Crippen LogP contribution in [0, 0.1) is 5.82 Å². The highest BCUT2D eigenvalue weighted by Crippen LogP contribution is 2.29. The van der Waals surface area contributed by atoms with E-state index in [2.05, 4.69) is 31.4 Å². The minimum Gasteiger partial charge on any atom is -0.295 e. The predicted octanol–water partition coefficient (Wildman–Crippen LogP) is 1.00. The number of aromatic nitrogens is 4. The molecule has 0 aliphatic rings. The third kappa shape index (κ3) is 4.33. The van der Waals surface area contributed by atoms with Crippen molar-refractivity contribution >= 4 is 37.9 Å². The molecule has 0 aliphatic heterocycles. The number of nitrogens with zero attached hydrogens (tertiary/aromatic N) is 5. The van der Waals surface area contributed by atoms with E-state index in [1.165, 1.54) is 25.2 Å². The number of hydrogen-bond donors (Lipinski definition) is 1. The molecule has 0 fully saturated rings. The minimum atomic E-state index is -3.80. The van der Waals surface area contributed by atoms with Crippen molar-refractivity contribution in [2.45, 2.75) is 5.03 Å². The first-order valence-electron chi connectivity index (χ1n) is 7.42. The maximum Gasteiger partial charge on any atom is 0.446 e. The van der Waals surface area contributed by atoms with Crippen molar-refractivity contribution in [3.63, 3.8) is 0 Å². The van der Waals surface area contributed by atoms with Gasteiger partial charge in [0.05, 0.1) is 10.2 Å². The van der Waals surface area contributed by atoms with Gasteiger partial charge in [0.1, 0.15) is 5.82 Å². The quantitative estimate of drug-likeness (QED) is 0.474. The fourth-order valence-electron chi connectivity index (χ4n) is 2.06. The van der Waals surface area contributed by atoms with Crippen LogP contribution in [0.5, 0.6) is 0 Å². The van der Waals surface area contributed by atoms with Crippen LogP contribution in [0.4, 0.5) is 4.39 Å². The number of halogens is 2. The summed E-state index contributed by atoms with van der Waals surface area (Å²) in [5, 5.41) is 16.4. The Morgan fingerprint density at radius 3 is 2.79 bits per heavy atom. The zero-order valence-electron chi connectivity index (χ0n) is 14.1. The van der Waals surface area contributed by atoms with E-state index in [0.29, 0.717) is 0 Å². The molecule has 2 heterocycles. The summed E-state index contributed by atoms with van der Waals surface area (Å²) in [4.78, 5) is 12.1. The summed E-state index contributed by atoms with van der Waals surface area (Å²) in [6, 6.07) is 3.91. The third-order valence-corrected chi connectivity index (χ3v) is 6.10. The van der Waals surface area contributed by atoms with E-state index < -0.39 is 21.8 Å². The topological polar surface area (TPSA) is 150 Å². The molecule has 28 heavy (non-hydrogen) atoms. The van der Waals surface area contributed by atoms with Crippen LogP contribution in [0.25, 0.3) is 17.2 Å². The first kappa shape index (κ1) is 20.7. The molecule has 3 aromatic rings. The van der Waals surface area contributed by atoms with Crippen molar-refractivity contribution < 1.29 is 22.0 Å². The van der Waals surface area contributed by atoms with Crippen molar-refractivity contribution in [3.8, 4) is 17.2 Å². The molecule has 0 amide bonds. The molecule has 2 N–H and O–H groups in total. The van der Waals surface area contributed by atoms with Gasteiger partial charge in [0, 0.05) is 19.3 Å². The Morgan fingerprint density at radius 1 is 1.36 bits per heavy atom. The zero-order chi connectivity index (χ0) is 20.5. The van der Waals surface area contributed by atoms with Gasteiger partial charge in [0.15, 0.2) is 10.7 Å². The average molecular weight is 495 g/mol. The number of nitrogens with two attached hydrogens (primary N) is 1. The summed E-state index contributed by atoms with van der Waals surface area (Å²) in [5.74, 6) is -1.06. The number of hydrogen-bond acceptors (Lipinski definition) is 9. The Morgan fingerprint density at radius 2 is 2.11 bits per heavy atom. The summed E-state index contributed by atoms with van der Waals surface area (Å²) >= 11 is 4.17. The number of rotatable bonds is 7. The standard InChI is InChI=1S/C13H12BrFN6O5S2/c1-20(28(16,23)24)4-5-27-12-10(17-26-19-12)11-18-25-13(22)21(11)7-2-3-9(15)8(14)6-7/h2-3,6H,4-5H2,1H3,(H2,16,23,24). The lowest BCUT2D eigenvalue weighted by Gasteiger charge is -2.12. The molecule has 0 atom stereocenters. The van der Waals surface area contributed by atoms with Crippen molar-refractivity contribution in [1.82, 2.24) is 24.3 Å². The lowest BCUT2D eigenvalue weighted by atomic mass is 10.3. The molecule has 0 radical (unpaired) electrons. The van der Waals surface area contributed by atoms with Gasteiger partial charge < -0.3 is 0 Å². The second-order valence-corrected chi connectivity index (χ2v) is 8.93. The first-order valence-corrected chi connectivity index (χ1v) is 10.7. The van der Waals surface area contributed by atoms with Gasteiger partial charge in [-0.25, -0.2) is 23.5 Å². The van der Waals surface area contributed by atoms with Crippen LogP contribution in [-0.4, -0.2) is 52.1 Å². The van der Waals surface area contributed by atoms with E-state index in [1.807, 2.05) is 0 Å². The molecule has 3 rings (SSSR count). The molecule has 0 saturated carbocycles. The Bertz CT molecular complexity index is 1160. The Labute approximate surface area is 169 Å². The van der Waals surface area contributed by atoms with Crippen LogP contribution >= 0.6 is 27.7 Å². The van der Waals surface area contributed by atoms with Gasteiger partial charge in [-0.1, -0.05) is 16.9 Å². The van der Waals surface area contributed by atoms with Crippen molar-refractivity contribution in [2.75, 3.05) is 19.3 Å². The molecule has 0 bridgehead atoms. The van der Waals surface area contributed by atoms with Crippen LogP contribution in [0.3, 0.4) is 0 Å². The van der Waals surface area contributed by atoms with Crippen LogP contribution in [0.1, 0.15) is 0 Å². The van der Waals surface area contributed by atoms with Crippen LogP contribution in [0.2, 0.25) is 0 Å². The van der Waals surface area contributed by atoms with Gasteiger partial charge in [0.25, 0.3) is 10.2 Å². The van der Waals surface area contributed by atoms with Crippen molar-refractivity contribution in [2.24, 2.45) is 5.14 Å². The van der Waals surface area contributed by atoms with Gasteiger partial charge in [-0.3, -0.25) is 4.52 Å². The molecular weight excluding hydrogens is 483 g/mol. The molecular formula is C13H12BrFN6O5S2. The zero-order valence-corrected chi connectivity index (χ0v) is 17.3. The molecule has 0 saturated heterocycles. The van der Waals surface area contributed by atoms with E-state index in [0.717, 1.165) is 20.6 Å². The van der Waals surface area contributed by atoms with Gasteiger partial charge in [-0.15, -0.1) is 0 Å². The summed E-state index contributed by atoms with van der Waals surface area (Å²) in [7, 11) is -2.47. The molecule has 15 heteroatoms. The molecule has 0 spiro atoms. The molecule has 0 aliphatic carbocycles. The first-order chi connectivity index (χ1) is 13.2. The van der Waals surface area contributed by atoms with E-state index in [1.54, 1.807) is 0 Å². The summed E-state index contributed by atoms with van der Waals surface area (Å²) < 4.78 is 47.6. The normalized spacial score (nSPS) is 12.0. The third-order valence-electron chi connectivity index (χ3n) is 3.52. The van der Waals surface area contributed by atoms with E-state index >= 15 is 0 Å². The number of thioether (sulfide) groups is 1. The van der Waals surface area contributed by atoms with E-state index in [9.17, 15) is 17.6 Å². The molecule has 2 aromatic heterocycles. The van der Waals surface area contributed by atoms with Gasteiger partial charge >= 0.3 is 5.76 Å². The van der Waals surface area contributed by atoms with Gasteiger partial charge in [-0.05, 0) is 44.4 Å². The maximum absolute atomic E-state index is 13.5. The fourth-order valence-corrected chi connectivity index (χ4v) is 3.80. The second-order valence-electron chi connectivity index (χ2n) is 5.34. The Kier molecular flexibility index (Phi) is 5.99. The molecule has 1 aromatic carbocycles. The van der Waals surface area contributed by atoms with Crippen LogP contribution in [-0.2, 0) is 10.2 Å². The molecule has 0 unspecified atom stereocenters. The van der Waals surface area contributed by atoms with Gasteiger partial charge in [-0.2, -0.15) is 12.7 Å². The van der Waals surface area contributed by atoms with Gasteiger partial charge in [0.2, 0.25) is 5.82 Å². The molecule has 11 nitrogen and oxygen atoms in total. The number of benzene rings is 1. The van der Waals surface area contributed by atoms with E-state index in [-0.39, 0.29) is 39.0 Å². The highest BCUT2D eigenvalue weighted by molar-refractivity contribution is 9.10. The Hall–Kier alpha value is -2.07. The van der Waals surface area contributed by atoms with Crippen molar-refractivity contribution in [1.29, 1.82) is 0 Å². The van der Waals surface area contributed by atoms with E-state index in [4.69, 9.17) is 14.3 Å².